The number of hydrogen-bond donors (Lipinski definition) is 1. The number of nitrogens with one attached hydrogen (secondary N) is 1. The summed E-state index contributed by atoms with van der Waals surface area (Å²) in [5.74, 6) is 0.214. The topological polar surface area (TPSA) is 80.5 Å². The molecule has 1 N–H and O–H groups in total. The van der Waals surface area contributed by atoms with Crippen molar-refractivity contribution in [3.63, 3.8) is 0 Å². The predicted molar refractivity (Wildman–Crippen MR) is 71.6 cm³/mol. The van der Waals surface area contributed by atoms with Crippen LogP contribution in [0.3, 0.4) is 0 Å². The average molecular weight is 287 g/mol. The molecule has 1 atom stereocenters. The van der Waals surface area contributed by atoms with Crippen molar-refractivity contribution >= 4 is 23.1 Å². The monoisotopic (exact) mass is 286 g/mol. The molecular weight excluding hydrogens is 272 g/mol. The van der Waals surface area contributed by atoms with Crippen LogP contribution in [0, 0.1) is 10.1 Å². The molecule has 0 saturated carbocycles. The Morgan fingerprint density at radius 1 is 1.74 bits per heavy atom. The Kier molecular flexibility index (Phi) is 4.52. The molecule has 7 nitrogen and oxygen atoms in total. The van der Waals surface area contributed by atoms with Crippen molar-refractivity contribution in [1.29, 1.82) is 0 Å². The number of likely N-dealkylation sites (N-methyl/N-ethyl adjacent to an activating group) is 1. The van der Waals surface area contributed by atoms with Gasteiger partial charge in [-0.3, -0.25) is 10.1 Å². The van der Waals surface area contributed by atoms with Gasteiger partial charge in [0.05, 0.1) is 22.7 Å². The number of nitrogens with zero attached hydrogens (tertiary/aromatic N) is 3. The molecule has 0 spiro atoms. The Balaban J connectivity index is 2.01. The summed E-state index contributed by atoms with van der Waals surface area (Å²) in [5, 5.41) is 14.1. The smallest absolute Gasteiger partial charge is 0.312 e. The first-order valence-electron chi connectivity index (χ1n) is 5.90. The van der Waals surface area contributed by atoms with Gasteiger partial charge in [-0.05, 0) is 7.05 Å². The van der Waals surface area contributed by atoms with Gasteiger partial charge in [-0.25, -0.2) is 4.98 Å². The van der Waals surface area contributed by atoms with E-state index in [2.05, 4.69) is 15.2 Å². The van der Waals surface area contributed by atoms with Gasteiger partial charge in [-0.1, -0.05) is 11.6 Å². The maximum atomic E-state index is 10.9. The lowest BCUT2D eigenvalue weighted by Crippen LogP contribution is -2.43. The molecule has 0 bridgehead atoms. The van der Waals surface area contributed by atoms with E-state index in [1.807, 2.05) is 7.05 Å². The van der Waals surface area contributed by atoms with E-state index >= 15 is 0 Å². The van der Waals surface area contributed by atoms with Gasteiger partial charge in [0, 0.05) is 31.9 Å². The SMILES string of the molecule is CN1CCOC(CNc2ncc(Cl)cc2[N+](=O)[O-])C1. The van der Waals surface area contributed by atoms with Gasteiger partial charge < -0.3 is 15.0 Å². The van der Waals surface area contributed by atoms with Gasteiger partial charge in [0.25, 0.3) is 0 Å². The lowest BCUT2D eigenvalue weighted by atomic mass is 10.3. The molecule has 0 aromatic carbocycles. The maximum absolute atomic E-state index is 10.9. The van der Waals surface area contributed by atoms with Gasteiger partial charge in [-0.15, -0.1) is 0 Å². The molecule has 1 fully saturated rings. The van der Waals surface area contributed by atoms with Crippen molar-refractivity contribution < 1.29 is 9.66 Å². The fourth-order valence-electron chi connectivity index (χ4n) is 1.90. The number of morpholine rings is 1. The molecule has 1 saturated heterocycles. The highest BCUT2D eigenvalue weighted by molar-refractivity contribution is 6.30. The minimum absolute atomic E-state index is 0.00386. The van der Waals surface area contributed by atoms with Crippen LogP contribution in [0.1, 0.15) is 0 Å². The molecule has 1 aromatic heterocycles. The van der Waals surface area contributed by atoms with Crippen LogP contribution in [0.2, 0.25) is 5.02 Å². The molecule has 104 valence electrons. The number of pyridine rings is 1. The molecule has 2 heterocycles. The zero-order valence-electron chi connectivity index (χ0n) is 10.5. The Hall–Kier alpha value is -1.44. The highest BCUT2D eigenvalue weighted by atomic mass is 35.5. The molecule has 1 aromatic rings. The number of ether oxygens (including phenoxy) is 1. The second-order valence-electron chi connectivity index (χ2n) is 4.41. The zero-order valence-corrected chi connectivity index (χ0v) is 11.3. The Morgan fingerprint density at radius 2 is 2.53 bits per heavy atom. The third-order valence-corrected chi connectivity index (χ3v) is 3.08. The van der Waals surface area contributed by atoms with Crippen LogP contribution in [-0.2, 0) is 4.74 Å². The maximum Gasteiger partial charge on any atom is 0.312 e. The number of halogens is 1. The molecule has 0 amide bonds. The van der Waals surface area contributed by atoms with Crippen molar-refractivity contribution in [3.05, 3.63) is 27.4 Å². The van der Waals surface area contributed by atoms with E-state index in [0.717, 1.165) is 13.1 Å². The molecule has 19 heavy (non-hydrogen) atoms. The summed E-state index contributed by atoms with van der Waals surface area (Å²) in [6.45, 7) is 2.82. The van der Waals surface area contributed by atoms with Gasteiger partial charge in [-0.2, -0.15) is 0 Å². The number of hydrogen-bond acceptors (Lipinski definition) is 6. The van der Waals surface area contributed by atoms with Crippen LogP contribution < -0.4 is 5.32 Å². The second-order valence-corrected chi connectivity index (χ2v) is 4.85. The first kappa shape index (κ1) is 14.0. The van der Waals surface area contributed by atoms with Crippen molar-refractivity contribution in [3.8, 4) is 0 Å². The highest BCUT2D eigenvalue weighted by Gasteiger charge is 2.20. The summed E-state index contributed by atoms with van der Waals surface area (Å²) in [6.07, 6.45) is 1.38. The highest BCUT2D eigenvalue weighted by Crippen LogP contribution is 2.25. The third-order valence-electron chi connectivity index (χ3n) is 2.87. The van der Waals surface area contributed by atoms with Crippen molar-refractivity contribution in [2.75, 3.05) is 38.6 Å². The number of nitro groups is 1. The second kappa shape index (κ2) is 6.14. The Labute approximate surface area is 115 Å². The quantitative estimate of drug-likeness (QED) is 0.665. The Bertz CT molecular complexity index is 471. The molecule has 0 radical (unpaired) electrons. The van der Waals surface area contributed by atoms with E-state index in [0.29, 0.717) is 13.2 Å². The molecular formula is C11H15ClN4O3. The number of rotatable bonds is 4. The van der Waals surface area contributed by atoms with Gasteiger partial charge in [0.15, 0.2) is 0 Å². The van der Waals surface area contributed by atoms with Crippen LogP contribution in [-0.4, -0.2) is 54.2 Å². The molecule has 2 rings (SSSR count). The summed E-state index contributed by atoms with van der Waals surface area (Å²) >= 11 is 5.70. The fourth-order valence-corrected chi connectivity index (χ4v) is 2.06. The molecule has 0 aliphatic carbocycles. The molecule has 8 heteroatoms. The summed E-state index contributed by atoms with van der Waals surface area (Å²) in [7, 11) is 2.01. The Morgan fingerprint density at radius 3 is 3.21 bits per heavy atom. The predicted octanol–water partition coefficient (Wildman–Crippen LogP) is 1.39. The third kappa shape index (κ3) is 3.76. The number of aromatic nitrogens is 1. The summed E-state index contributed by atoms with van der Waals surface area (Å²) < 4.78 is 5.57. The van der Waals surface area contributed by atoms with Gasteiger partial charge >= 0.3 is 5.69 Å². The number of anilines is 1. The molecule has 1 unspecified atom stereocenters. The van der Waals surface area contributed by atoms with Crippen LogP contribution in [0.4, 0.5) is 11.5 Å². The van der Waals surface area contributed by atoms with Gasteiger partial charge in [0.2, 0.25) is 5.82 Å². The lowest BCUT2D eigenvalue weighted by molar-refractivity contribution is -0.384. The zero-order chi connectivity index (χ0) is 13.8. The normalized spacial score (nSPS) is 20.2. The summed E-state index contributed by atoms with van der Waals surface area (Å²) in [5.41, 5.74) is -0.128. The average Bonchev–Trinajstić information content (AvgIpc) is 2.37. The minimum Gasteiger partial charge on any atom is -0.374 e. The van der Waals surface area contributed by atoms with Crippen molar-refractivity contribution in [1.82, 2.24) is 9.88 Å². The molecule has 1 aliphatic heterocycles. The van der Waals surface area contributed by atoms with E-state index in [1.165, 1.54) is 12.3 Å². The van der Waals surface area contributed by atoms with Crippen LogP contribution in [0.15, 0.2) is 12.3 Å². The van der Waals surface area contributed by atoms with E-state index in [4.69, 9.17) is 16.3 Å². The van der Waals surface area contributed by atoms with E-state index < -0.39 is 4.92 Å². The van der Waals surface area contributed by atoms with Crippen LogP contribution >= 0.6 is 11.6 Å². The van der Waals surface area contributed by atoms with E-state index in [-0.39, 0.29) is 22.6 Å². The first-order chi connectivity index (χ1) is 9.06. The van der Waals surface area contributed by atoms with E-state index in [1.54, 1.807) is 0 Å². The van der Waals surface area contributed by atoms with Gasteiger partial charge in [0.1, 0.15) is 0 Å². The largest absolute Gasteiger partial charge is 0.374 e. The lowest BCUT2D eigenvalue weighted by Gasteiger charge is -2.30. The van der Waals surface area contributed by atoms with E-state index in [9.17, 15) is 10.1 Å². The van der Waals surface area contributed by atoms with Crippen LogP contribution in [0.25, 0.3) is 0 Å². The van der Waals surface area contributed by atoms with Crippen molar-refractivity contribution in [2.24, 2.45) is 0 Å². The van der Waals surface area contributed by atoms with Crippen molar-refractivity contribution in [2.45, 2.75) is 6.10 Å². The van der Waals surface area contributed by atoms with Crippen LogP contribution in [0.5, 0.6) is 0 Å². The molecule has 1 aliphatic rings. The minimum atomic E-state index is -0.505. The summed E-state index contributed by atoms with van der Waals surface area (Å²) in [6, 6.07) is 1.28. The summed E-state index contributed by atoms with van der Waals surface area (Å²) in [4.78, 5) is 16.5. The fraction of sp³-hybridized carbons (Fsp3) is 0.545. The standard InChI is InChI=1S/C11H15ClN4O3/c1-15-2-3-19-9(7-15)6-14-11-10(16(17)18)4-8(12)5-13-11/h4-5,9H,2-3,6-7H2,1H3,(H,13,14). The first-order valence-corrected chi connectivity index (χ1v) is 6.28.